The van der Waals surface area contributed by atoms with Crippen molar-refractivity contribution in [1.29, 1.82) is 0 Å². The first-order valence-corrected chi connectivity index (χ1v) is 21.2. The summed E-state index contributed by atoms with van der Waals surface area (Å²) in [6, 6.07) is 69.8. The summed E-state index contributed by atoms with van der Waals surface area (Å²) in [4.78, 5) is 13.6. The Labute approximate surface area is 324 Å². The molecule has 9 aromatic rings. The summed E-state index contributed by atoms with van der Waals surface area (Å²) in [7, 11) is -1.18. The van der Waals surface area contributed by atoms with Crippen LogP contribution in [-0.2, 0) is 0 Å². The summed E-state index contributed by atoms with van der Waals surface area (Å²) >= 11 is 0. The van der Waals surface area contributed by atoms with E-state index in [1.54, 1.807) is 0 Å². The molecule has 0 bridgehead atoms. The van der Waals surface area contributed by atoms with E-state index in [1.807, 2.05) is 0 Å². The first-order chi connectivity index (χ1) is 27.0. The van der Waals surface area contributed by atoms with Crippen molar-refractivity contribution in [1.82, 2.24) is 9.97 Å². The number of aromatic nitrogens is 2. The van der Waals surface area contributed by atoms with Gasteiger partial charge in [-0.15, -0.1) is 0 Å². The van der Waals surface area contributed by atoms with E-state index in [0.717, 1.165) is 44.7 Å². The van der Waals surface area contributed by atoms with E-state index in [9.17, 15) is 0 Å². The van der Waals surface area contributed by atoms with Crippen molar-refractivity contribution >= 4 is 20.9 Å². The maximum absolute atomic E-state index is 5.45. The van der Waals surface area contributed by atoms with Crippen molar-refractivity contribution in [3.05, 3.63) is 194 Å². The molecular formula is C52H38N2S. The minimum Gasteiger partial charge on any atom is -0.227 e. The molecule has 262 valence electrons. The molecule has 2 nitrogen and oxygen atoms in total. The molecule has 10 rings (SSSR count). The third-order valence-corrected chi connectivity index (χ3v) is 13.8. The highest BCUT2D eigenvalue weighted by Crippen LogP contribution is 2.68. The Morgan fingerprint density at radius 2 is 0.800 bits per heavy atom. The van der Waals surface area contributed by atoms with Crippen LogP contribution in [-0.4, -0.2) is 22.5 Å². The molecule has 55 heavy (non-hydrogen) atoms. The maximum Gasteiger partial charge on any atom is 0.160 e. The molecule has 3 heteroatoms. The summed E-state index contributed by atoms with van der Waals surface area (Å²) in [5.74, 6) is 0.734. The number of fused-ring (bicyclic) bond motifs is 5. The lowest BCUT2D eigenvalue weighted by Gasteiger charge is -2.28. The zero-order chi connectivity index (χ0) is 36.9. The van der Waals surface area contributed by atoms with Gasteiger partial charge in [0.2, 0.25) is 0 Å². The van der Waals surface area contributed by atoms with Crippen molar-refractivity contribution in [3.63, 3.8) is 0 Å². The largest absolute Gasteiger partial charge is 0.227 e. The van der Waals surface area contributed by atoms with Gasteiger partial charge in [-0.1, -0.05) is 146 Å². The Morgan fingerprint density at radius 1 is 0.345 bits per heavy atom. The van der Waals surface area contributed by atoms with Crippen LogP contribution in [0.1, 0.15) is 0 Å². The second-order valence-electron chi connectivity index (χ2n) is 14.6. The van der Waals surface area contributed by atoms with E-state index < -0.39 is 10.0 Å². The minimum atomic E-state index is -1.18. The molecule has 0 radical (unpaired) electrons. The first-order valence-electron chi connectivity index (χ1n) is 18.7. The maximum atomic E-state index is 5.45. The van der Waals surface area contributed by atoms with E-state index in [-0.39, 0.29) is 0 Å². The summed E-state index contributed by atoms with van der Waals surface area (Å²) in [6.07, 6.45) is 4.81. The highest BCUT2D eigenvalue weighted by molar-refractivity contribution is 8.33. The molecule has 0 unspecified atom stereocenters. The monoisotopic (exact) mass is 722 g/mol. The second-order valence-corrected chi connectivity index (χ2v) is 18.1. The Morgan fingerprint density at radius 3 is 1.42 bits per heavy atom. The third-order valence-electron chi connectivity index (χ3n) is 10.9. The summed E-state index contributed by atoms with van der Waals surface area (Å²) < 4.78 is 0. The van der Waals surface area contributed by atoms with Crippen molar-refractivity contribution in [2.45, 2.75) is 9.79 Å². The van der Waals surface area contributed by atoms with E-state index in [0.29, 0.717) is 0 Å². The molecule has 2 heterocycles. The van der Waals surface area contributed by atoms with Crippen molar-refractivity contribution in [3.8, 4) is 78.3 Å². The van der Waals surface area contributed by atoms with Crippen LogP contribution in [0.5, 0.6) is 0 Å². The highest BCUT2D eigenvalue weighted by atomic mass is 32.3. The average Bonchev–Trinajstić information content (AvgIpc) is 3.50. The SMILES string of the molecule is CS1(C)c2ccccc2-c2c1ccc1c(-c3ccccc3)nc(-c3cccc(-c4cccc(-c5cc(-c6ccccc6)cc(-c6ccccc6)c5)c4)c3)nc21. The van der Waals surface area contributed by atoms with Gasteiger partial charge in [-0.3, -0.25) is 0 Å². The minimum absolute atomic E-state index is 0.734. The lowest BCUT2D eigenvalue weighted by atomic mass is 9.92. The molecule has 0 saturated heterocycles. The van der Waals surface area contributed by atoms with Gasteiger partial charge in [-0.05, 0) is 111 Å². The second kappa shape index (κ2) is 13.4. The van der Waals surface area contributed by atoms with Crippen LogP contribution in [0.25, 0.3) is 89.2 Å². The van der Waals surface area contributed by atoms with Crippen molar-refractivity contribution < 1.29 is 0 Å². The lowest BCUT2D eigenvalue weighted by Crippen LogP contribution is -1.98. The molecule has 0 atom stereocenters. The number of hydrogen-bond acceptors (Lipinski definition) is 2. The number of hydrogen-bond donors (Lipinski definition) is 0. The quantitative estimate of drug-likeness (QED) is 0.171. The summed E-state index contributed by atoms with van der Waals surface area (Å²) in [6.45, 7) is 0. The van der Waals surface area contributed by atoms with Gasteiger partial charge < -0.3 is 0 Å². The molecule has 0 fully saturated rings. The Balaban J connectivity index is 1.11. The molecule has 0 amide bonds. The topological polar surface area (TPSA) is 25.8 Å². The van der Waals surface area contributed by atoms with Gasteiger partial charge in [-0.2, -0.15) is 10.0 Å². The normalized spacial score (nSPS) is 13.3. The molecule has 1 aliphatic rings. The van der Waals surface area contributed by atoms with Crippen LogP contribution in [0.15, 0.2) is 204 Å². The molecular weight excluding hydrogens is 685 g/mol. The van der Waals surface area contributed by atoms with Gasteiger partial charge in [0.25, 0.3) is 0 Å². The summed E-state index contributed by atoms with van der Waals surface area (Å²) in [5.41, 5.74) is 16.0. The van der Waals surface area contributed by atoms with Crippen LogP contribution in [0.2, 0.25) is 0 Å². The van der Waals surface area contributed by atoms with Gasteiger partial charge in [0.1, 0.15) is 0 Å². The molecule has 0 aliphatic carbocycles. The molecule has 1 aromatic heterocycles. The van der Waals surface area contributed by atoms with Crippen LogP contribution < -0.4 is 0 Å². The van der Waals surface area contributed by atoms with Gasteiger partial charge in [0.05, 0.1) is 11.2 Å². The van der Waals surface area contributed by atoms with Crippen LogP contribution in [0, 0.1) is 0 Å². The molecule has 0 N–H and O–H groups in total. The predicted octanol–water partition coefficient (Wildman–Crippen LogP) is 14.1. The van der Waals surface area contributed by atoms with Gasteiger partial charge in [-0.25, -0.2) is 9.97 Å². The molecule has 8 aromatic carbocycles. The van der Waals surface area contributed by atoms with Gasteiger partial charge >= 0.3 is 0 Å². The van der Waals surface area contributed by atoms with Crippen molar-refractivity contribution in [2.24, 2.45) is 0 Å². The van der Waals surface area contributed by atoms with Gasteiger partial charge in [0.15, 0.2) is 5.82 Å². The summed E-state index contributed by atoms with van der Waals surface area (Å²) in [5, 5.41) is 1.08. The fourth-order valence-corrected chi connectivity index (χ4v) is 10.6. The van der Waals surface area contributed by atoms with Crippen LogP contribution in [0.3, 0.4) is 0 Å². The zero-order valence-electron chi connectivity index (χ0n) is 30.8. The standard InChI is InChI=1S/C52H38N2S/c1-55(2)47-27-13-12-26-45(47)49-48(55)29-28-46-50(37-20-10-5-11-21-37)53-52(54-51(46)49)41-25-15-23-39(31-41)38-22-14-24-40(30-38)44-33-42(35-16-6-3-7-17-35)32-43(34-44)36-18-8-4-9-19-36/h3-34H,1-2H3. The average molecular weight is 723 g/mol. The van der Waals surface area contributed by atoms with E-state index >= 15 is 0 Å². The smallest absolute Gasteiger partial charge is 0.160 e. The van der Waals surface area contributed by atoms with Gasteiger partial charge in [0, 0.05) is 31.9 Å². The van der Waals surface area contributed by atoms with E-state index in [4.69, 9.17) is 9.97 Å². The number of benzene rings is 8. The lowest BCUT2D eigenvalue weighted by molar-refractivity contribution is 1.22. The van der Waals surface area contributed by atoms with Crippen molar-refractivity contribution in [2.75, 3.05) is 12.5 Å². The van der Waals surface area contributed by atoms with E-state index in [2.05, 4.69) is 207 Å². The predicted molar refractivity (Wildman–Crippen MR) is 234 cm³/mol. The zero-order valence-corrected chi connectivity index (χ0v) is 31.6. The number of nitrogens with zero attached hydrogens (tertiary/aromatic N) is 2. The Bertz CT molecular complexity index is 2820. The fraction of sp³-hybridized carbons (Fsp3) is 0.0385. The highest BCUT2D eigenvalue weighted by Gasteiger charge is 2.34. The van der Waals surface area contributed by atoms with E-state index in [1.165, 1.54) is 54.3 Å². The molecule has 0 spiro atoms. The third kappa shape index (κ3) is 5.85. The van der Waals surface area contributed by atoms with Crippen LogP contribution in [0.4, 0.5) is 0 Å². The Hall–Kier alpha value is -6.55. The van der Waals surface area contributed by atoms with Crippen LogP contribution >= 0.6 is 10.0 Å². The fourth-order valence-electron chi connectivity index (χ4n) is 8.15. The molecule has 1 aliphatic heterocycles. The first kappa shape index (κ1) is 33.1. The molecule has 0 saturated carbocycles. The Kier molecular flexibility index (Phi) is 8.04. The number of rotatable bonds is 6.